The van der Waals surface area contributed by atoms with Crippen molar-refractivity contribution < 1.29 is 17.9 Å². The molecule has 1 amide bonds. The van der Waals surface area contributed by atoms with Crippen molar-refractivity contribution in [2.45, 2.75) is 31.0 Å². The van der Waals surface area contributed by atoms with Gasteiger partial charge in [0.2, 0.25) is 0 Å². The molecule has 0 unspecified atom stereocenters. The van der Waals surface area contributed by atoms with E-state index in [1.165, 1.54) is 30.3 Å². The molecule has 0 spiro atoms. The predicted octanol–water partition coefficient (Wildman–Crippen LogP) is 4.04. The van der Waals surface area contributed by atoms with Gasteiger partial charge in [-0.3, -0.25) is 9.52 Å². The first-order valence-electron chi connectivity index (χ1n) is 8.68. The van der Waals surface area contributed by atoms with Crippen molar-refractivity contribution in [1.82, 2.24) is 4.90 Å². The second kappa shape index (κ2) is 8.29. The lowest BCUT2D eigenvalue weighted by molar-refractivity contribution is -0.0586. The number of halogens is 2. The van der Waals surface area contributed by atoms with Gasteiger partial charge in [0.1, 0.15) is 0 Å². The number of hydrogen-bond acceptors (Lipinski definition) is 4. The standard InChI is InChI=1S/C19H20Cl2N2O4S/c1-12-10-23(11-13(2)27-12)19(24)14-4-3-5-16(8-14)28(25,26)22-18-9-15(20)6-7-17(18)21/h3-9,12-13,22H,10-11H2,1-2H3/t12-,13-/m1/s1. The summed E-state index contributed by atoms with van der Waals surface area (Å²) in [6, 6.07) is 10.4. The number of nitrogens with one attached hydrogen (secondary N) is 1. The molecule has 0 aromatic heterocycles. The molecule has 0 bridgehead atoms. The van der Waals surface area contributed by atoms with E-state index in [-0.39, 0.29) is 33.7 Å². The lowest BCUT2D eigenvalue weighted by atomic mass is 10.1. The fourth-order valence-corrected chi connectivity index (χ4v) is 4.61. The van der Waals surface area contributed by atoms with Crippen molar-refractivity contribution in [3.8, 4) is 0 Å². The van der Waals surface area contributed by atoms with Crippen LogP contribution < -0.4 is 4.72 Å². The van der Waals surface area contributed by atoms with Crippen LogP contribution in [0.25, 0.3) is 0 Å². The predicted molar refractivity (Wildman–Crippen MR) is 110 cm³/mol. The van der Waals surface area contributed by atoms with Crippen LogP contribution in [0.2, 0.25) is 10.0 Å². The molecular formula is C19H20Cl2N2O4S. The Morgan fingerprint density at radius 3 is 2.46 bits per heavy atom. The number of amides is 1. The molecule has 0 radical (unpaired) electrons. The zero-order valence-corrected chi connectivity index (χ0v) is 17.7. The first-order valence-corrected chi connectivity index (χ1v) is 10.9. The Kier molecular flexibility index (Phi) is 6.19. The van der Waals surface area contributed by atoms with Gasteiger partial charge < -0.3 is 9.64 Å². The topological polar surface area (TPSA) is 75.7 Å². The summed E-state index contributed by atoms with van der Waals surface area (Å²) >= 11 is 12.0. The maximum atomic E-state index is 12.8. The third-order valence-corrected chi connectivity index (χ3v) is 6.20. The van der Waals surface area contributed by atoms with Crippen LogP contribution in [-0.2, 0) is 14.8 Å². The van der Waals surface area contributed by atoms with Gasteiger partial charge in [-0.05, 0) is 50.2 Å². The van der Waals surface area contributed by atoms with Crippen LogP contribution in [-0.4, -0.2) is 44.5 Å². The molecular weight excluding hydrogens is 423 g/mol. The Morgan fingerprint density at radius 1 is 1.11 bits per heavy atom. The molecule has 0 aliphatic carbocycles. The SMILES string of the molecule is C[C@@H]1CN(C(=O)c2cccc(S(=O)(=O)Nc3cc(Cl)ccc3Cl)c2)C[C@@H](C)O1. The lowest BCUT2D eigenvalue weighted by Crippen LogP contribution is -2.48. The molecule has 1 N–H and O–H groups in total. The number of nitrogens with zero attached hydrogens (tertiary/aromatic N) is 1. The van der Waals surface area contributed by atoms with Crippen LogP contribution in [0.1, 0.15) is 24.2 Å². The Labute approximate surface area is 174 Å². The largest absolute Gasteiger partial charge is 0.372 e. The van der Waals surface area contributed by atoms with Crippen LogP contribution in [0, 0.1) is 0 Å². The molecule has 2 aromatic rings. The molecule has 1 aliphatic rings. The van der Waals surface area contributed by atoms with Gasteiger partial charge in [-0.25, -0.2) is 8.42 Å². The monoisotopic (exact) mass is 442 g/mol. The normalized spacial score (nSPS) is 20.1. The van der Waals surface area contributed by atoms with Crippen molar-refractivity contribution in [3.63, 3.8) is 0 Å². The zero-order chi connectivity index (χ0) is 20.5. The van der Waals surface area contributed by atoms with Gasteiger partial charge in [0.05, 0.1) is 27.8 Å². The van der Waals surface area contributed by atoms with E-state index in [0.717, 1.165) is 0 Å². The molecule has 1 aliphatic heterocycles. The summed E-state index contributed by atoms with van der Waals surface area (Å²) in [4.78, 5) is 14.5. The van der Waals surface area contributed by atoms with E-state index >= 15 is 0 Å². The van der Waals surface area contributed by atoms with Crippen LogP contribution in [0.3, 0.4) is 0 Å². The summed E-state index contributed by atoms with van der Waals surface area (Å²) in [6.07, 6.45) is -0.155. The molecule has 28 heavy (non-hydrogen) atoms. The molecule has 3 rings (SSSR count). The van der Waals surface area contributed by atoms with E-state index in [2.05, 4.69) is 4.72 Å². The number of carbonyl (C=O) groups is 1. The smallest absolute Gasteiger partial charge is 0.261 e. The molecule has 1 saturated heterocycles. The van der Waals surface area contributed by atoms with E-state index in [1.807, 2.05) is 13.8 Å². The lowest BCUT2D eigenvalue weighted by Gasteiger charge is -2.35. The molecule has 1 fully saturated rings. The quantitative estimate of drug-likeness (QED) is 0.774. The number of benzene rings is 2. The summed E-state index contributed by atoms with van der Waals surface area (Å²) in [5.74, 6) is -0.236. The van der Waals surface area contributed by atoms with Gasteiger partial charge in [0.25, 0.3) is 15.9 Å². The van der Waals surface area contributed by atoms with Gasteiger partial charge in [-0.2, -0.15) is 0 Å². The Hall–Kier alpha value is -1.80. The van der Waals surface area contributed by atoms with E-state index in [0.29, 0.717) is 23.7 Å². The van der Waals surface area contributed by atoms with Crippen LogP contribution >= 0.6 is 23.2 Å². The van der Waals surface area contributed by atoms with Crippen LogP contribution in [0.5, 0.6) is 0 Å². The third-order valence-electron chi connectivity index (χ3n) is 4.27. The Bertz CT molecular complexity index is 987. The van der Waals surface area contributed by atoms with Gasteiger partial charge in [-0.15, -0.1) is 0 Å². The Morgan fingerprint density at radius 2 is 1.79 bits per heavy atom. The van der Waals surface area contributed by atoms with E-state index in [1.54, 1.807) is 17.0 Å². The Balaban J connectivity index is 1.85. The second-order valence-electron chi connectivity index (χ2n) is 6.72. The average molecular weight is 443 g/mol. The zero-order valence-electron chi connectivity index (χ0n) is 15.4. The maximum absolute atomic E-state index is 12.8. The number of morpholine rings is 1. The number of sulfonamides is 1. The van der Waals surface area contributed by atoms with E-state index < -0.39 is 10.0 Å². The van der Waals surface area contributed by atoms with E-state index in [9.17, 15) is 13.2 Å². The van der Waals surface area contributed by atoms with Crippen molar-refractivity contribution in [2.24, 2.45) is 0 Å². The maximum Gasteiger partial charge on any atom is 0.261 e. The molecule has 150 valence electrons. The van der Waals surface area contributed by atoms with Gasteiger partial charge >= 0.3 is 0 Å². The first kappa shape index (κ1) is 20.9. The molecule has 2 atom stereocenters. The summed E-state index contributed by atoms with van der Waals surface area (Å²) in [5.41, 5.74) is 0.461. The van der Waals surface area contributed by atoms with Gasteiger partial charge in [0.15, 0.2) is 0 Å². The number of rotatable bonds is 4. The van der Waals surface area contributed by atoms with Gasteiger partial charge in [0, 0.05) is 23.7 Å². The van der Waals surface area contributed by atoms with Crippen molar-refractivity contribution in [3.05, 3.63) is 58.1 Å². The highest BCUT2D eigenvalue weighted by Crippen LogP contribution is 2.28. The minimum absolute atomic E-state index is 0.0382. The highest BCUT2D eigenvalue weighted by atomic mass is 35.5. The average Bonchev–Trinajstić information content (AvgIpc) is 2.63. The second-order valence-corrected chi connectivity index (χ2v) is 9.25. The summed E-state index contributed by atoms with van der Waals surface area (Å²) in [7, 11) is -3.95. The molecule has 9 heteroatoms. The van der Waals surface area contributed by atoms with Crippen molar-refractivity contribution in [1.29, 1.82) is 0 Å². The minimum Gasteiger partial charge on any atom is -0.372 e. The number of ether oxygens (including phenoxy) is 1. The molecule has 6 nitrogen and oxygen atoms in total. The van der Waals surface area contributed by atoms with Gasteiger partial charge in [-0.1, -0.05) is 29.3 Å². The fraction of sp³-hybridized carbons (Fsp3) is 0.316. The minimum atomic E-state index is -3.95. The van der Waals surface area contributed by atoms with Crippen molar-refractivity contribution >= 4 is 44.8 Å². The number of hydrogen-bond donors (Lipinski definition) is 1. The fourth-order valence-electron chi connectivity index (χ4n) is 3.10. The van der Waals surface area contributed by atoms with Crippen molar-refractivity contribution in [2.75, 3.05) is 17.8 Å². The summed E-state index contributed by atoms with van der Waals surface area (Å²) in [5, 5.41) is 0.568. The van der Waals surface area contributed by atoms with E-state index in [4.69, 9.17) is 27.9 Å². The molecule has 1 heterocycles. The molecule has 2 aromatic carbocycles. The first-order chi connectivity index (χ1) is 13.2. The molecule has 0 saturated carbocycles. The summed E-state index contributed by atoms with van der Waals surface area (Å²) in [6.45, 7) is 4.71. The number of anilines is 1. The van der Waals surface area contributed by atoms with Crippen LogP contribution in [0.15, 0.2) is 47.4 Å². The van der Waals surface area contributed by atoms with Crippen LogP contribution in [0.4, 0.5) is 5.69 Å². The highest BCUT2D eigenvalue weighted by Gasteiger charge is 2.27. The highest BCUT2D eigenvalue weighted by molar-refractivity contribution is 7.92. The summed E-state index contributed by atoms with van der Waals surface area (Å²) < 4.78 is 33.6. The third kappa shape index (κ3) is 4.78. The number of carbonyl (C=O) groups excluding carboxylic acids is 1.